The molecule has 1 unspecified atom stereocenters. The van der Waals surface area contributed by atoms with Gasteiger partial charge in [-0.1, -0.05) is 23.8 Å². The number of nitrogens with one attached hydrogen (secondary N) is 1. The number of amides is 1. The lowest BCUT2D eigenvalue weighted by Gasteiger charge is -2.23. The van der Waals surface area contributed by atoms with Crippen LogP contribution in [-0.4, -0.2) is 17.8 Å². The van der Waals surface area contributed by atoms with Crippen molar-refractivity contribution < 1.29 is 4.79 Å². The number of allylic oxidation sites excluding steroid dienone is 3. The Morgan fingerprint density at radius 1 is 1.75 bits per heavy atom. The third-order valence-corrected chi connectivity index (χ3v) is 2.35. The SMILES string of the molecule is O=CNCC1(Cl)C=CC(Cl)=CC1. The fraction of sp³-hybridized carbons (Fsp3) is 0.375. The second-order valence-corrected chi connectivity index (χ2v) is 3.85. The number of hydrogen-bond acceptors (Lipinski definition) is 1. The minimum absolute atomic E-state index is 0.426. The van der Waals surface area contributed by atoms with Crippen LogP contribution in [0.3, 0.4) is 0 Å². The van der Waals surface area contributed by atoms with Gasteiger partial charge in [0.15, 0.2) is 0 Å². The molecule has 1 amide bonds. The van der Waals surface area contributed by atoms with Crippen molar-refractivity contribution in [2.24, 2.45) is 0 Å². The first kappa shape index (κ1) is 9.62. The lowest BCUT2D eigenvalue weighted by Crippen LogP contribution is -2.33. The van der Waals surface area contributed by atoms with E-state index in [1.54, 1.807) is 12.2 Å². The Hall–Kier alpha value is -0.470. The highest BCUT2D eigenvalue weighted by Gasteiger charge is 2.24. The molecule has 1 N–H and O–H groups in total. The van der Waals surface area contributed by atoms with E-state index in [0.717, 1.165) is 0 Å². The highest BCUT2D eigenvalue weighted by molar-refractivity contribution is 6.32. The largest absolute Gasteiger partial charge is 0.357 e. The summed E-state index contributed by atoms with van der Waals surface area (Å²) >= 11 is 11.8. The second-order valence-electron chi connectivity index (χ2n) is 2.66. The lowest BCUT2D eigenvalue weighted by molar-refractivity contribution is -0.109. The molecule has 0 aromatic heterocycles. The van der Waals surface area contributed by atoms with Gasteiger partial charge in [-0.3, -0.25) is 4.79 Å². The van der Waals surface area contributed by atoms with E-state index in [0.29, 0.717) is 24.4 Å². The monoisotopic (exact) mass is 205 g/mol. The van der Waals surface area contributed by atoms with Crippen molar-refractivity contribution >= 4 is 29.6 Å². The molecule has 1 rings (SSSR count). The average Bonchev–Trinajstić information content (AvgIpc) is 2.08. The van der Waals surface area contributed by atoms with E-state index in [9.17, 15) is 4.79 Å². The molecule has 1 aliphatic carbocycles. The molecule has 2 nitrogen and oxygen atoms in total. The van der Waals surface area contributed by atoms with Gasteiger partial charge in [0, 0.05) is 11.6 Å². The van der Waals surface area contributed by atoms with Crippen molar-refractivity contribution in [2.75, 3.05) is 6.54 Å². The van der Waals surface area contributed by atoms with Crippen molar-refractivity contribution in [3.8, 4) is 0 Å². The number of carbonyl (C=O) groups is 1. The van der Waals surface area contributed by atoms with Gasteiger partial charge in [-0.2, -0.15) is 0 Å². The molecular formula is C8H9Cl2NO. The van der Waals surface area contributed by atoms with Crippen LogP contribution >= 0.6 is 23.2 Å². The molecule has 0 aromatic rings. The van der Waals surface area contributed by atoms with Crippen LogP contribution in [0.5, 0.6) is 0 Å². The summed E-state index contributed by atoms with van der Waals surface area (Å²) in [5.74, 6) is 0. The van der Waals surface area contributed by atoms with E-state index in [1.807, 2.05) is 6.08 Å². The number of alkyl halides is 1. The van der Waals surface area contributed by atoms with Crippen molar-refractivity contribution in [1.29, 1.82) is 0 Å². The lowest BCUT2D eigenvalue weighted by atomic mass is 10.00. The smallest absolute Gasteiger partial charge is 0.207 e. The summed E-state index contributed by atoms with van der Waals surface area (Å²) < 4.78 is 0. The summed E-state index contributed by atoms with van der Waals surface area (Å²) in [6.45, 7) is 0.426. The maximum Gasteiger partial charge on any atom is 0.207 e. The highest BCUT2D eigenvalue weighted by Crippen LogP contribution is 2.28. The Morgan fingerprint density at radius 3 is 3.00 bits per heavy atom. The first-order valence-corrected chi connectivity index (χ1v) is 4.33. The predicted octanol–water partition coefficient (Wildman–Crippen LogP) is 1.79. The summed E-state index contributed by atoms with van der Waals surface area (Å²) in [4.78, 5) is 9.52. The Bertz CT molecular complexity index is 237. The molecule has 0 spiro atoms. The van der Waals surface area contributed by atoms with E-state index in [1.165, 1.54) is 0 Å². The van der Waals surface area contributed by atoms with Crippen molar-refractivity contribution in [2.45, 2.75) is 11.3 Å². The number of rotatable bonds is 3. The summed E-state index contributed by atoms with van der Waals surface area (Å²) in [5.41, 5.74) is 0. The summed E-state index contributed by atoms with van der Waals surface area (Å²) in [6, 6.07) is 0. The van der Waals surface area contributed by atoms with Crippen LogP contribution in [0.1, 0.15) is 6.42 Å². The van der Waals surface area contributed by atoms with Crippen LogP contribution in [0.15, 0.2) is 23.3 Å². The van der Waals surface area contributed by atoms with E-state index in [4.69, 9.17) is 23.2 Å². The van der Waals surface area contributed by atoms with Gasteiger partial charge < -0.3 is 5.32 Å². The molecule has 0 aliphatic heterocycles. The zero-order valence-electron chi connectivity index (χ0n) is 6.39. The first-order valence-electron chi connectivity index (χ1n) is 3.57. The summed E-state index contributed by atoms with van der Waals surface area (Å²) in [5, 5.41) is 3.23. The van der Waals surface area contributed by atoms with Crippen LogP contribution in [0.25, 0.3) is 0 Å². The zero-order valence-corrected chi connectivity index (χ0v) is 7.90. The quantitative estimate of drug-likeness (QED) is 0.553. The van der Waals surface area contributed by atoms with E-state index in [-0.39, 0.29) is 0 Å². The van der Waals surface area contributed by atoms with Gasteiger partial charge in [-0.15, -0.1) is 11.6 Å². The van der Waals surface area contributed by atoms with Gasteiger partial charge in [0.2, 0.25) is 6.41 Å². The summed E-state index contributed by atoms with van der Waals surface area (Å²) in [7, 11) is 0. The third-order valence-electron chi connectivity index (χ3n) is 1.66. The molecule has 0 saturated carbocycles. The number of hydrogen-bond donors (Lipinski definition) is 1. The minimum Gasteiger partial charge on any atom is -0.357 e. The Morgan fingerprint density at radius 2 is 2.50 bits per heavy atom. The molecule has 0 fully saturated rings. The molecule has 0 heterocycles. The Kier molecular flexibility index (Phi) is 3.18. The van der Waals surface area contributed by atoms with Crippen LogP contribution in [0.2, 0.25) is 0 Å². The molecule has 0 aromatic carbocycles. The zero-order chi connectivity index (χ0) is 9.03. The van der Waals surface area contributed by atoms with Crippen LogP contribution < -0.4 is 5.32 Å². The Labute approximate surface area is 81.2 Å². The predicted molar refractivity (Wildman–Crippen MR) is 50.3 cm³/mol. The molecule has 0 saturated heterocycles. The van der Waals surface area contributed by atoms with Gasteiger partial charge in [0.1, 0.15) is 0 Å². The van der Waals surface area contributed by atoms with E-state index in [2.05, 4.69) is 5.32 Å². The van der Waals surface area contributed by atoms with Crippen LogP contribution in [0.4, 0.5) is 0 Å². The van der Waals surface area contributed by atoms with Gasteiger partial charge >= 0.3 is 0 Å². The van der Waals surface area contributed by atoms with Gasteiger partial charge in [0.05, 0.1) is 4.87 Å². The Balaban J connectivity index is 2.53. The van der Waals surface area contributed by atoms with Crippen LogP contribution in [-0.2, 0) is 4.79 Å². The fourth-order valence-electron chi connectivity index (χ4n) is 0.975. The van der Waals surface area contributed by atoms with E-state index >= 15 is 0 Å². The molecule has 0 bridgehead atoms. The maximum atomic E-state index is 10.0. The maximum absolute atomic E-state index is 10.0. The molecule has 1 aliphatic rings. The average molecular weight is 206 g/mol. The number of halogens is 2. The normalized spacial score (nSPS) is 28.0. The van der Waals surface area contributed by atoms with E-state index < -0.39 is 4.87 Å². The second kappa shape index (κ2) is 3.97. The fourth-order valence-corrected chi connectivity index (χ4v) is 1.33. The third kappa shape index (κ3) is 2.54. The molecule has 66 valence electrons. The standard InChI is InChI=1S/C8H9Cl2NO/c9-7-1-3-8(10,4-2-7)5-11-6-12/h1-3,6H,4-5H2,(H,11,12). The van der Waals surface area contributed by atoms with Crippen molar-refractivity contribution in [1.82, 2.24) is 5.32 Å². The molecule has 4 heteroatoms. The highest BCUT2D eigenvalue weighted by atomic mass is 35.5. The van der Waals surface area contributed by atoms with Crippen molar-refractivity contribution in [3.05, 3.63) is 23.3 Å². The molecule has 12 heavy (non-hydrogen) atoms. The molecule has 1 atom stereocenters. The number of carbonyl (C=O) groups excluding carboxylic acids is 1. The van der Waals surface area contributed by atoms with Gasteiger partial charge in [-0.25, -0.2) is 0 Å². The van der Waals surface area contributed by atoms with Gasteiger partial charge in [0.25, 0.3) is 0 Å². The van der Waals surface area contributed by atoms with Crippen LogP contribution in [0, 0.1) is 0 Å². The van der Waals surface area contributed by atoms with Crippen molar-refractivity contribution in [3.63, 3.8) is 0 Å². The minimum atomic E-state index is -0.501. The first-order chi connectivity index (χ1) is 5.66. The molecule has 0 radical (unpaired) electrons. The molecular weight excluding hydrogens is 197 g/mol. The summed E-state index contributed by atoms with van der Waals surface area (Å²) in [6.07, 6.45) is 6.65. The topological polar surface area (TPSA) is 29.1 Å². The van der Waals surface area contributed by atoms with Gasteiger partial charge in [-0.05, 0) is 12.5 Å².